The summed E-state index contributed by atoms with van der Waals surface area (Å²) in [5, 5.41) is 6.91. The molecule has 2 heterocycles. The first-order valence-corrected chi connectivity index (χ1v) is 4.33. The minimum Gasteiger partial charge on any atom is -0.307 e. The Kier molecular flexibility index (Phi) is 1.43. The molecule has 0 spiro atoms. The Labute approximate surface area is 65.1 Å². The monoisotopic (exact) mass is 173 g/mol. The highest BCUT2D eigenvalue weighted by atomic mass is 32.2. The fourth-order valence-electron chi connectivity index (χ4n) is 1.13. The second kappa shape index (κ2) is 2.31. The van der Waals surface area contributed by atoms with Gasteiger partial charge in [0.15, 0.2) is 0 Å². The number of rotatable bonds is 1. The van der Waals surface area contributed by atoms with E-state index in [4.69, 9.17) is 0 Å². The van der Waals surface area contributed by atoms with Crippen molar-refractivity contribution in [3.63, 3.8) is 0 Å². The highest BCUT2D eigenvalue weighted by Crippen LogP contribution is 2.11. The van der Waals surface area contributed by atoms with Gasteiger partial charge in [-0.1, -0.05) is 0 Å². The molecule has 5 nitrogen and oxygen atoms in total. The standard InChI is InChI=1S/C5H7N3O2S/c9-11(10)8-3-4-1-6-2-5(4)7-8/h3,6,11H,1-2H2. The molecule has 0 atom stereocenters. The molecule has 0 saturated heterocycles. The van der Waals surface area contributed by atoms with Crippen molar-refractivity contribution in [2.75, 3.05) is 0 Å². The number of aromatic nitrogens is 2. The third kappa shape index (κ3) is 1.04. The fourth-order valence-corrected chi connectivity index (χ4v) is 1.54. The molecule has 6 heteroatoms. The topological polar surface area (TPSA) is 64.0 Å². The molecule has 1 N–H and O–H groups in total. The van der Waals surface area contributed by atoms with Gasteiger partial charge in [0.1, 0.15) is 0 Å². The molecule has 0 radical (unpaired) electrons. The summed E-state index contributed by atoms with van der Waals surface area (Å²) in [6.45, 7) is 1.39. The molecule has 0 unspecified atom stereocenters. The van der Waals surface area contributed by atoms with E-state index in [1.165, 1.54) is 0 Å². The first-order valence-electron chi connectivity index (χ1n) is 3.20. The second-order valence-corrected chi connectivity index (χ2v) is 3.25. The Bertz CT molecular complexity index is 325. The number of hydrogen-bond acceptors (Lipinski definition) is 4. The molecule has 1 aromatic heterocycles. The third-order valence-electron chi connectivity index (χ3n) is 1.64. The number of thiol groups is 1. The summed E-state index contributed by atoms with van der Waals surface area (Å²) in [5.41, 5.74) is 1.81. The summed E-state index contributed by atoms with van der Waals surface area (Å²) in [7, 11) is -2.58. The number of nitrogens with zero attached hydrogens (tertiary/aromatic N) is 2. The van der Waals surface area contributed by atoms with Gasteiger partial charge in [0.05, 0.1) is 5.69 Å². The summed E-state index contributed by atoms with van der Waals surface area (Å²) >= 11 is 0. The van der Waals surface area contributed by atoms with Gasteiger partial charge in [0.2, 0.25) is 10.9 Å². The van der Waals surface area contributed by atoms with Gasteiger partial charge in [-0.05, 0) is 0 Å². The van der Waals surface area contributed by atoms with Gasteiger partial charge in [-0.2, -0.15) is 9.19 Å². The number of hydrogen-bond donors (Lipinski definition) is 2. The van der Waals surface area contributed by atoms with Gasteiger partial charge in [0, 0.05) is 24.8 Å². The van der Waals surface area contributed by atoms with Crippen LogP contribution in [0.1, 0.15) is 11.3 Å². The average molecular weight is 173 g/mol. The van der Waals surface area contributed by atoms with E-state index in [9.17, 15) is 8.42 Å². The molecule has 0 fully saturated rings. The van der Waals surface area contributed by atoms with Gasteiger partial charge in [-0.15, -0.1) is 0 Å². The highest BCUT2D eigenvalue weighted by molar-refractivity contribution is 7.70. The molecule has 2 rings (SSSR count). The number of nitrogens with one attached hydrogen (secondary N) is 1. The molecule has 1 aliphatic heterocycles. The van der Waals surface area contributed by atoms with Crippen LogP contribution in [-0.4, -0.2) is 17.6 Å². The minimum absolute atomic E-state index is 0.672. The lowest BCUT2D eigenvalue weighted by Crippen LogP contribution is -2.05. The Morgan fingerprint density at radius 1 is 1.55 bits per heavy atom. The molecule has 1 aliphatic rings. The van der Waals surface area contributed by atoms with E-state index >= 15 is 0 Å². The maximum absolute atomic E-state index is 10.4. The summed E-state index contributed by atoms with van der Waals surface area (Å²) in [6, 6.07) is 0. The Morgan fingerprint density at radius 3 is 3.00 bits per heavy atom. The molecule has 60 valence electrons. The van der Waals surface area contributed by atoms with E-state index in [1.807, 2.05) is 0 Å². The van der Waals surface area contributed by atoms with Gasteiger partial charge >= 0.3 is 0 Å². The van der Waals surface area contributed by atoms with Crippen molar-refractivity contribution in [1.29, 1.82) is 0 Å². The number of fused-ring (bicyclic) bond motifs is 1. The van der Waals surface area contributed by atoms with Crippen LogP contribution >= 0.6 is 0 Å². The lowest BCUT2D eigenvalue weighted by atomic mass is 10.3. The summed E-state index contributed by atoms with van der Waals surface area (Å²) < 4.78 is 21.8. The van der Waals surface area contributed by atoms with Crippen LogP contribution in [0.25, 0.3) is 0 Å². The van der Waals surface area contributed by atoms with Crippen LogP contribution in [0.5, 0.6) is 0 Å². The van der Waals surface area contributed by atoms with Gasteiger partial charge < -0.3 is 5.32 Å². The first kappa shape index (κ1) is 6.81. The lowest BCUT2D eigenvalue weighted by Gasteiger charge is -1.88. The van der Waals surface area contributed by atoms with Crippen molar-refractivity contribution >= 4 is 10.9 Å². The zero-order valence-electron chi connectivity index (χ0n) is 5.65. The van der Waals surface area contributed by atoms with Gasteiger partial charge in [-0.25, -0.2) is 8.42 Å². The van der Waals surface area contributed by atoms with E-state index in [-0.39, 0.29) is 0 Å². The van der Waals surface area contributed by atoms with E-state index in [0.29, 0.717) is 6.54 Å². The maximum Gasteiger partial charge on any atom is 0.243 e. The van der Waals surface area contributed by atoms with Gasteiger partial charge in [0.25, 0.3) is 0 Å². The van der Waals surface area contributed by atoms with Crippen molar-refractivity contribution in [3.8, 4) is 0 Å². The molecular weight excluding hydrogens is 166 g/mol. The largest absolute Gasteiger partial charge is 0.307 e. The molecule has 0 bridgehead atoms. The Hall–Kier alpha value is -0.880. The van der Waals surface area contributed by atoms with Crippen LogP contribution in [0, 0.1) is 0 Å². The molecule has 0 saturated carbocycles. The van der Waals surface area contributed by atoms with Crippen molar-refractivity contribution in [2.45, 2.75) is 13.1 Å². The van der Waals surface area contributed by atoms with Crippen LogP contribution in [-0.2, 0) is 24.0 Å². The van der Waals surface area contributed by atoms with E-state index in [2.05, 4.69) is 10.4 Å². The predicted molar refractivity (Wildman–Crippen MR) is 38.5 cm³/mol. The predicted octanol–water partition coefficient (Wildman–Crippen LogP) is -1.14. The Morgan fingerprint density at radius 2 is 2.36 bits per heavy atom. The maximum atomic E-state index is 10.4. The summed E-state index contributed by atoms with van der Waals surface area (Å²) in [5.74, 6) is 0. The van der Waals surface area contributed by atoms with Crippen LogP contribution < -0.4 is 5.32 Å². The average Bonchev–Trinajstić information content (AvgIpc) is 2.40. The molecule has 0 aliphatic carbocycles. The minimum atomic E-state index is -2.58. The summed E-state index contributed by atoms with van der Waals surface area (Å²) in [6.07, 6.45) is 1.54. The Balaban J connectivity index is 2.49. The quantitative estimate of drug-likeness (QED) is 0.527. The first-order chi connectivity index (χ1) is 5.27. The van der Waals surface area contributed by atoms with Crippen molar-refractivity contribution in [2.24, 2.45) is 0 Å². The second-order valence-electron chi connectivity index (χ2n) is 2.36. The SMILES string of the molecule is O=[SH](=O)n1cc2c(n1)CNC2. The van der Waals surface area contributed by atoms with Crippen LogP contribution in [0.15, 0.2) is 6.20 Å². The van der Waals surface area contributed by atoms with E-state index in [1.54, 1.807) is 6.20 Å². The third-order valence-corrected chi connectivity index (χ3v) is 2.18. The van der Waals surface area contributed by atoms with Crippen LogP contribution in [0.4, 0.5) is 0 Å². The fraction of sp³-hybridized carbons (Fsp3) is 0.400. The molecule has 0 aromatic carbocycles. The zero-order valence-corrected chi connectivity index (χ0v) is 6.54. The molecular formula is C5H7N3O2S. The smallest absolute Gasteiger partial charge is 0.243 e. The van der Waals surface area contributed by atoms with E-state index in [0.717, 1.165) is 21.9 Å². The molecule has 11 heavy (non-hydrogen) atoms. The molecule has 0 amide bonds. The highest BCUT2D eigenvalue weighted by Gasteiger charge is 2.14. The summed E-state index contributed by atoms with van der Waals surface area (Å²) in [4.78, 5) is 0. The van der Waals surface area contributed by atoms with E-state index < -0.39 is 10.9 Å². The molecule has 1 aromatic rings. The van der Waals surface area contributed by atoms with Crippen molar-refractivity contribution < 1.29 is 8.42 Å². The van der Waals surface area contributed by atoms with Crippen molar-refractivity contribution in [1.82, 2.24) is 14.5 Å². The van der Waals surface area contributed by atoms with Crippen molar-refractivity contribution in [3.05, 3.63) is 17.5 Å². The normalized spacial score (nSPS) is 15.7. The van der Waals surface area contributed by atoms with Crippen LogP contribution in [0.3, 0.4) is 0 Å². The lowest BCUT2D eigenvalue weighted by molar-refractivity contribution is 0.598. The zero-order chi connectivity index (χ0) is 7.84. The van der Waals surface area contributed by atoms with Gasteiger partial charge in [-0.3, -0.25) is 0 Å². The van der Waals surface area contributed by atoms with Crippen LogP contribution in [0.2, 0.25) is 0 Å².